The van der Waals surface area contributed by atoms with Gasteiger partial charge in [-0.05, 0) is 11.6 Å². The second-order valence-electron chi connectivity index (χ2n) is 3.31. The van der Waals surface area contributed by atoms with Gasteiger partial charge in [0.15, 0.2) is 11.5 Å². The molecular weight excluding hydrogens is 234 g/mol. The molecule has 0 atom stereocenters. The van der Waals surface area contributed by atoms with E-state index in [1.807, 2.05) is 0 Å². The number of halogens is 2. The van der Waals surface area contributed by atoms with Gasteiger partial charge in [0.05, 0.1) is 5.39 Å². The lowest BCUT2D eigenvalue weighted by atomic mass is 10.1. The highest BCUT2D eigenvalue weighted by molar-refractivity contribution is 6.03. The molecule has 0 radical (unpaired) electrons. The van der Waals surface area contributed by atoms with Gasteiger partial charge in [-0.2, -0.15) is 4.39 Å². The minimum atomic E-state index is -1.29. The molecule has 1 aromatic heterocycles. The smallest absolute Gasteiger partial charge is 0.271 e. The summed E-state index contributed by atoms with van der Waals surface area (Å²) in [5.41, 5.74) is 4.01. The number of amides is 1. The summed E-state index contributed by atoms with van der Waals surface area (Å²) < 4.78 is 31.4. The molecule has 2 N–H and O–H groups in total. The fourth-order valence-corrected chi connectivity index (χ4v) is 1.48. The third-order valence-electron chi connectivity index (χ3n) is 2.26. The number of carbonyl (C=O) groups is 2. The highest BCUT2D eigenvalue weighted by atomic mass is 19.2. The first-order valence-electron chi connectivity index (χ1n) is 4.56. The molecule has 17 heavy (non-hydrogen) atoms. The van der Waals surface area contributed by atoms with Gasteiger partial charge < -0.3 is 15.1 Å². The molecule has 0 aliphatic heterocycles. The van der Waals surface area contributed by atoms with Crippen molar-refractivity contribution in [1.82, 2.24) is 5.16 Å². The summed E-state index contributed by atoms with van der Waals surface area (Å²) in [6.45, 7) is 0. The molecule has 7 heteroatoms. The Morgan fingerprint density at radius 1 is 1.47 bits per heavy atom. The first-order valence-corrected chi connectivity index (χ1v) is 4.56. The third-order valence-corrected chi connectivity index (χ3v) is 2.26. The lowest BCUT2D eigenvalue weighted by Gasteiger charge is -2.00. The number of fused-ring (bicyclic) bond motifs is 1. The number of primary amides is 1. The average Bonchev–Trinajstić information content (AvgIpc) is 2.69. The molecule has 0 unspecified atom stereocenters. The van der Waals surface area contributed by atoms with Crippen LogP contribution in [0.3, 0.4) is 0 Å². The zero-order valence-electron chi connectivity index (χ0n) is 8.37. The summed E-state index contributed by atoms with van der Waals surface area (Å²) in [6, 6.07) is 1.12. The Morgan fingerprint density at radius 3 is 2.76 bits per heavy atom. The molecule has 0 aliphatic rings. The lowest BCUT2D eigenvalue weighted by Crippen LogP contribution is -2.11. The Labute approximate surface area is 93.2 Å². The van der Waals surface area contributed by atoms with Crippen molar-refractivity contribution < 1.29 is 22.9 Å². The van der Waals surface area contributed by atoms with Crippen molar-refractivity contribution in [2.75, 3.05) is 0 Å². The van der Waals surface area contributed by atoms with Gasteiger partial charge in [-0.25, -0.2) is 4.39 Å². The maximum Gasteiger partial charge on any atom is 0.271 e. The molecule has 0 saturated carbocycles. The van der Waals surface area contributed by atoms with Crippen LogP contribution in [0.1, 0.15) is 16.1 Å². The second-order valence-corrected chi connectivity index (χ2v) is 3.31. The summed E-state index contributed by atoms with van der Waals surface area (Å²) in [5.74, 6) is -3.41. The predicted molar refractivity (Wildman–Crippen MR) is 52.2 cm³/mol. The van der Waals surface area contributed by atoms with E-state index in [1.54, 1.807) is 0 Å². The van der Waals surface area contributed by atoms with Crippen LogP contribution >= 0.6 is 0 Å². The minimum Gasteiger partial charge on any atom is -0.364 e. The fourth-order valence-electron chi connectivity index (χ4n) is 1.48. The van der Waals surface area contributed by atoms with Gasteiger partial charge in [-0.15, -0.1) is 0 Å². The highest BCUT2D eigenvalue weighted by Gasteiger charge is 2.21. The number of hydrogen-bond acceptors (Lipinski definition) is 4. The topological polar surface area (TPSA) is 86.2 Å². The normalized spacial score (nSPS) is 10.7. The van der Waals surface area contributed by atoms with E-state index in [2.05, 4.69) is 9.68 Å². The molecule has 5 nitrogen and oxygen atoms in total. The van der Waals surface area contributed by atoms with Crippen LogP contribution in [0.4, 0.5) is 8.78 Å². The van der Waals surface area contributed by atoms with Crippen molar-refractivity contribution >= 4 is 23.2 Å². The maximum absolute atomic E-state index is 13.5. The van der Waals surface area contributed by atoms with E-state index in [-0.39, 0.29) is 23.1 Å². The van der Waals surface area contributed by atoms with E-state index in [1.165, 1.54) is 0 Å². The number of nitrogens with two attached hydrogens (primary N) is 1. The van der Waals surface area contributed by atoms with Crippen LogP contribution < -0.4 is 5.73 Å². The van der Waals surface area contributed by atoms with Crippen LogP contribution in [0.25, 0.3) is 11.0 Å². The molecule has 2 rings (SSSR count). The standard InChI is InChI=1S/C10H6F2N2O3/c11-6-4(1-2-15)3-5-8(10(13)16)14-17-9(5)7(6)12/h2-3H,1H2,(H2,13,16). The van der Waals surface area contributed by atoms with Gasteiger partial charge in [-0.1, -0.05) is 5.16 Å². The molecule has 0 saturated heterocycles. The predicted octanol–water partition coefficient (Wildman–Crippen LogP) is 0.946. The zero-order valence-corrected chi connectivity index (χ0v) is 8.37. The average molecular weight is 240 g/mol. The Morgan fingerprint density at radius 2 is 2.18 bits per heavy atom. The second kappa shape index (κ2) is 3.93. The Bertz CT molecular complexity index is 622. The number of aldehydes is 1. The van der Waals surface area contributed by atoms with Gasteiger partial charge in [0, 0.05) is 6.42 Å². The molecular formula is C10H6F2N2O3. The SMILES string of the molecule is NC(=O)c1noc2c(F)c(F)c(CC=O)cc12. The van der Waals surface area contributed by atoms with E-state index < -0.39 is 23.1 Å². The molecule has 0 aliphatic carbocycles. The number of benzene rings is 1. The van der Waals surface area contributed by atoms with Gasteiger partial charge >= 0.3 is 0 Å². The number of hydrogen-bond donors (Lipinski definition) is 1. The van der Waals surface area contributed by atoms with Crippen molar-refractivity contribution in [3.8, 4) is 0 Å². The summed E-state index contributed by atoms with van der Waals surface area (Å²) in [5, 5.41) is 3.21. The molecule has 0 fully saturated rings. The molecule has 88 valence electrons. The number of rotatable bonds is 3. The van der Waals surface area contributed by atoms with Crippen molar-refractivity contribution in [3.05, 3.63) is 29.0 Å². The number of aromatic nitrogens is 1. The number of nitrogens with zero attached hydrogens (tertiary/aromatic N) is 1. The van der Waals surface area contributed by atoms with Crippen molar-refractivity contribution in [2.45, 2.75) is 6.42 Å². The quantitative estimate of drug-likeness (QED) is 0.809. The molecule has 0 spiro atoms. The molecule has 1 amide bonds. The fraction of sp³-hybridized carbons (Fsp3) is 0.100. The van der Waals surface area contributed by atoms with E-state index in [0.717, 1.165) is 6.07 Å². The van der Waals surface area contributed by atoms with Gasteiger partial charge in [0.1, 0.15) is 6.29 Å². The van der Waals surface area contributed by atoms with Gasteiger partial charge in [0.25, 0.3) is 5.91 Å². The molecule has 1 heterocycles. The van der Waals surface area contributed by atoms with E-state index in [0.29, 0.717) is 6.29 Å². The summed E-state index contributed by atoms with van der Waals surface area (Å²) in [4.78, 5) is 21.3. The van der Waals surface area contributed by atoms with E-state index in [9.17, 15) is 18.4 Å². The summed E-state index contributed by atoms with van der Waals surface area (Å²) in [6.07, 6.45) is 0.100. The Kier molecular flexibility index (Phi) is 2.58. The van der Waals surface area contributed by atoms with Crippen molar-refractivity contribution in [2.24, 2.45) is 5.73 Å². The largest absolute Gasteiger partial charge is 0.364 e. The van der Waals surface area contributed by atoms with Crippen LogP contribution in [0.5, 0.6) is 0 Å². The van der Waals surface area contributed by atoms with Crippen molar-refractivity contribution in [1.29, 1.82) is 0 Å². The van der Waals surface area contributed by atoms with Gasteiger partial charge in [0.2, 0.25) is 11.4 Å². The summed E-state index contributed by atoms with van der Waals surface area (Å²) in [7, 11) is 0. The van der Waals surface area contributed by atoms with Crippen LogP contribution in [0.15, 0.2) is 10.6 Å². The first-order chi connectivity index (χ1) is 8.06. The van der Waals surface area contributed by atoms with E-state index >= 15 is 0 Å². The molecule has 0 bridgehead atoms. The first kappa shape index (κ1) is 11.2. The minimum absolute atomic E-state index is 0.0479. The van der Waals surface area contributed by atoms with Gasteiger partial charge in [-0.3, -0.25) is 4.79 Å². The highest BCUT2D eigenvalue weighted by Crippen LogP contribution is 2.26. The third kappa shape index (κ3) is 1.65. The van der Waals surface area contributed by atoms with Crippen LogP contribution in [0.2, 0.25) is 0 Å². The Hall–Kier alpha value is -2.31. The molecule has 1 aromatic carbocycles. The maximum atomic E-state index is 13.5. The van der Waals surface area contributed by atoms with Crippen LogP contribution in [0, 0.1) is 11.6 Å². The lowest BCUT2D eigenvalue weighted by molar-refractivity contribution is -0.107. The van der Waals surface area contributed by atoms with Crippen LogP contribution in [-0.4, -0.2) is 17.4 Å². The number of carbonyl (C=O) groups excluding carboxylic acids is 2. The zero-order chi connectivity index (χ0) is 12.6. The van der Waals surface area contributed by atoms with Crippen LogP contribution in [-0.2, 0) is 11.2 Å². The van der Waals surface area contributed by atoms with E-state index in [4.69, 9.17) is 5.73 Å². The Balaban J connectivity index is 2.79. The van der Waals surface area contributed by atoms with Crippen molar-refractivity contribution in [3.63, 3.8) is 0 Å². The molecule has 2 aromatic rings. The monoisotopic (exact) mass is 240 g/mol. The summed E-state index contributed by atoms with van der Waals surface area (Å²) >= 11 is 0.